The molecule has 7 N–H and O–H groups in total. The quantitative estimate of drug-likeness (QED) is 0.247. The molecular weight excluding hydrogens is 502 g/mol. The highest BCUT2D eigenvalue weighted by atomic mass is 16.5. The van der Waals surface area contributed by atoms with Gasteiger partial charge in [-0.2, -0.15) is 5.26 Å². The van der Waals surface area contributed by atoms with Gasteiger partial charge in [-0.05, 0) is 51.8 Å². The molecule has 2 bridgehead atoms. The standard InChI is InChI=1S/C28H35N5O6/c1-11-6-14-7-16-18(9-29)33-17(22(32(16)4)20(14)26(37)27(11)39-5)8-15-21(19(33)10-31-28(38)13(3)30)25(36)24(35)12(2)23(15)34/h6,13,16-19,22,34-37H,7-8,10,30H2,1-5H3,(H,31,38)/t13-,16+,17-,18-,19-,22-/m0/s1. The van der Waals surface area contributed by atoms with Crippen molar-refractivity contribution in [2.75, 3.05) is 20.7 Å². The van der Waals surface area contributed by atoms with E-state index in [2.05, 4.69) is 16.3 Å². The maximum absolute atomic E-state index is 12.5. The van der Waals surface area contributed by atoms with Crippen molar-refractivity contribution < 1.29 is 30.0 Å². The summed E-state index contributed by atoms with van der Waals surface area (Å²) in [7, 11) is 3.43. The monoisotopic (exact) mass is 537 g/mol. The Balaban J connectivity index is 1.75. The third-order valence-electron chi connectivity index (χ3n) is 8.81. The number of phenols is 4. The van der Waals surface area contributed by atoms with Gasteiger partial charge in [0.15, 0.2) is 23.0 Å². The molecule has 11 heteroatoms. The summed E-state index contributed by atoms with van der Waals surface area (Å²) in [4.78, 5) is 16.6. The van der Waals surface area contributed by atoms with E-state index in [1.807, 2.05) is 24.9 Å². The number of hydrogen-bond acceptors (Lipinski definition) is 10. The first-order valence-corrected chi connectivity index (χ1v) is 13.0. The highest BCUT2D eigenvalue weighted by Gasteiger charge is 2.56. The molecule has 208 valence electrons. The number of likely N-dealkylation sites (N-methyl/N-ethyl adjacent to an activating group) is 1. The van der Waals surface area contributed by atoms with Gasteiger partial charge in [-0.15, -0.1) is 0 Å². The number of carbonyl (C=O) groups excluding carboxylic acids is 1. The van der Waals surface area contributed by atoms with Crippen molar-refractivity contribution in [2.24, 2.45) is 5.73 Å². The molecule has 1 amide bonds. The number of benzene rings is 2. The van der Waals surface area contributed by atoms with Crippen molar-refractivity contribution in [3.63, 3.8) is 0 Å². The van der Waals surface area contributed by atoms with E-state index in [0.717, 1.165) is 11.1 Å². The number of rotatable bonds is 4. The zero-order valence-corrected chi connectivity index (χ0v) is 22.7. The molecule has 6 atom stereocenters. The topological polar surface area (TPSA) is 176 Å². The van der Waals surface area contributed by atoms with Gasteiger partial charge in [-0.25, -0.2) is 0 Å². The van der Waals surface area contributed by atoms with Crippen molar-refractivity contribution in [3.05, 3.63) is 39.4 Å². The van der Waals surface area contributed by atoms with Crippen LogP contribution in [0, 0.1) is 25.2 Å². The summed E-state index contributed by atoms with van der Waals surface area (Å²) in [6, 6.07) is 1.14. The zero-order valence-electron chi connectivity index (χ0n) is 22.7. The summed E-state index contributed by atoms with van der Waals surface area (Å²) in [5.41, 5.74) is 9.04. The predicted molar refractivity (Wildman–Crippen MR) is 142 cm³/mol. The van der Waals surface area contributed by atoms with Gasteiger partial charge in [0.1, 0.15) is 11.8 Å². The molecule has 3 aliphatic heterocycles. The van der Waals surface area contributed by atoms with E-state index in [4.69, 9.17) is 10.5 Å². The van der Waals surface area contributed by atoms with E-state index in [-0.39, 0.29) is 47.4 Å². The Morgan fingerprint density at radius 2 is 1.85 bits per heavy atom. The number of aryl methyl sites for hydroxylation is 1. The average Bonchev–Trinajstić information content (AvgIpc) is 2.89. The summed E-state index contributed by atoms with van der Waals surface area (Å²) < 4.78 is 5.53. The van der Waals surface area contributed by atoms with Crippen molar-refractivity contribution in [1.29, 1.82) is 5.26 Å². The number of nitrogens with one attached hydrogen (secondary N) is 1. The number of nitrogens with zero attached hydrogens (tertiary/aromatic N) is 3. The zero-order chi connectivity index (χ0) is 28.5. The number of nitrogens with two attached hydrogens (primary N) is 1. The number of piperazine rings is 1. The molecule has 0 unspecified atom stereocenters. The van der Waals surface area contributed by atoms with Gasteiger partial charge < -0.3 is 36.2 Å². The minimum atomic E-state index is -0.782. The van der Waals surface area contributed by atoms with Crippen LogP contribution in [0.2, 0.25) is 0 Å². The van der Waals surface area contributed by atoms with Crippen LogP contribution in [0.15, 0.2) is 6.07 Å². The maximum Gasteiger partial charge on any atom is 0.236 e. The molecule has 1 saturated heterocycles. The minimum Gasteiger partial charge on any atom is -0.507 e. The lowest BCUT2D eigenvalue weighted by molar-refractivity contribution is -0.123. The lowest BCUT2D eigenvalue weighted by Crippen LogP contribution is -2.68. The van der Waals surface area contributed by atoms with E-state index in [1.165, 1.54) is 14.0 Å². The Labute approximate surface area is 227 Å². The molecular formula is C28H35N5O6. The lowest BCUT2D eigenvalue weighted by Gasteiger charge is -2.60. The summed E-state index contributed by atoms with van der Waals surface area (Å²) in [5, 5.41) is 57.6. The molecule has 39 heavy (non-hydrogen) atoms. The largest absolute Gasteiger partial charge is 0.507 e. The van der Waals surface area contributed by atoms with E-state index in [9.17, 15) is 30.5 Å². The summed E-state index contributed by atoms with van der Waals surface area (Å²) in [6.07, 6.45) is 0.715. The molecule has 1 fully saturated rings. The van der Waals surface area contributed by atoms with Crippen molar-refractivity contribution in [2.45, 2.75) is 69.9 Å². The molecule has 5 rings (SSSR count). The van der Waals surface area contributed by atoms with Crippen LogP contribution in [-0.2, 0) is 17.6 Å². The number of amides is 1. The number of phenolic OH excluding ortho intramolecular Hbond substituents is 4. The smallest absolute Gasteiger partial charge is 0.236 e. The first-order valence-electron chi connectivity index (χ1n) is 13.0. The van der Waals surface area contributed by atoms with Crippen LogP contribution in [0.25, 0.3) is 0 Å². The predicted octanol–water partition coefficient (Wildman–Crippen LogP) is 1.37. The molecule has 3 aliphatic rings. The number of ether oxygens (including phenoxy) is 1. The SMILES string of the molecule is COc1c(C)cc2c(c1O)[C@@H]1[C@@H]3Cc4c(O)c(C)c(O)c(O)c4[C@H](CNC(=O)[C@H](C)N)N3[C@@H](C#N)[C@@H](C2)N1C. The van der Waals surface area contributed by atoms with Crippen molar-refractivity contribution in [3.8, 4) is 34.8 Å². The molecule has 2 aromatic carbocycles. The van der Waals surface area contributed by atoms with Crippen LogP contribution in [0.5, 0.6) is 28.7 Å². The second-order valence-electron chi connectivity index (χ2n) is 10.9. The van der Waals surface area contributed by atoms with Crippen LogP contribution in [-0.4, -0.2) is 81.0 Å². The molecule has 0 radical (unpaired) electrons. The first-order chi connectivity index (χ1) is 18.4. The average molecular weight is 538 g/mol. The van der Waals surface area contributed by atoms with E-state index < -0.39 is 41.9 Å². The van der Waals surface area contributed by atoms with Crippen LogP contribution in [0.3, 0.4) is 0 Å². The summed E-state index contributed by atoms with van der Waals surface area (Å²) in [6.45, 7) is 4.92. The number of nitriles is 1. The van der Waals surface area contributed by atoms with Gasteiger partial charge in [0.25, 0.3) is 0 Å². The van der Waals surface area contributed by atoms with Crippen LogP contribution in [0.1, 0.15) is 52.4 Å². The van der Waals surface area contributed by atoms with Crippen LogP contribution >= 0.6 is 0 Å². The number of hydrogen-bond donors (Lipinski definition) is 6. The van der Waals surface area contributed by atoms with Gasteiger partial charge in [-0.1, -0.05) is 6.07 Å². The fourth-order valence-electron chi connectivity index (χ4n) is 6.97. The number of methoxy groups -OCH3 is 1. The highest BCUT2D eigenvalue weighted by Crippen LogP contribution is 2.56. The Morgan fingerprint density at radius 3 is 2.46 bits per heavy atom. The summed E-state index contributed by atoms with van der Waals surface area (Å²) >= 11 is 0. The molecule has 0 aliphatic carbocycles. The van der Waals surface area contributed by atoms with Gasteiger partial charge >= 0.3 is 0 Å². The van der Waals surface area contributed by atoms with Crippen LogP contribution < -0.4 is 15.8 Å². The molecule has 3 heterocycles. The van der Waals surface area contributed by atoms with Crippen LogP contribution in [0.4, 0.5) is 0 Å². The Hall–Kier alpha value is -3.72. The highest BCUT2D eigenvalue weighted by molar-refractivity contribution is 5.81. The van der Waals surface area contributed by atoms with Gasteiger partial charge in [0.05, 0.1) is 31.3 Å². The molecule has 11 nitrogen and oxygen atoms in total. The van der Waals surface area contributed by atoms with Gasteiger partial charge in [0, 0.05) is 40.9 Å². The number of aromatic hydroxyl groups is 4. The number of fused-ring (bicyclic) bond motifs is 7. The van der Waals surface area contributed by atoms with Crippen molar-refractivity contribution in [1.82, 2.24) is 15.1 Å². The lowest BCUT2D eigenvalue weighted by atomic mass is 9.71. The molecule has 2 aromatic rings. The van der Waals surface area contributed by atoms with E-state index in [0.29, 0.717) is 23.3 Å². The van der Waals surface area contributed by atoms with Gasteiger partial charge in [-0.3, -0.25) is 14.6 Å². The van der Waals surface area contributed by atoms with Gasteiger partial charge in [0.2, 0.25) is 5.91 Å². The Morgan fingerprint density at radius 1 is 1.15 bits per heavy atom. The third-order valence-corrected chi connectivity index (χ3v) is 8.81. The maximum atomic E-state index is 12.5. The molecule has 0 spiro atoms. The van der Waals surface area contributed by atoms with E-state index in [1.54, 1.807) is 6.92 Å². The fraction of sp³-hybridized carbons (Fsp3) is 0.500. The van der Waals surface area contributed by atoms with E-state index >= 15 is 0 Å². The first kappa shape index (κ1) is 26.9. The van der Waals surface area contributed by atoms with Crippen molar-refractivity contribution >= 4 is 5.91 Å². The Kier molecular flexibility index (Phi) is 6.53. The molecule has 0 aromatic heterocycles. The minimum absolute atomic E-state index is 0.0171. The normalized spacial score (nSPS) is 26.5. The Bertz CT molecular complexity index is 1400. The molecule has 0 saturated carbocycles. The second kappa shape index (κ2) is 9.48. The fourth-order valence-corrected chi connectivity index (χ4v) is 6.97. The summed E-state index contributed by atoms with van der Waals surface area (Å²) in [5.74, 6) is -0.972. The second-order valence-corrected chi connectivity index (χ2v) is 10.9. The number of carbonyl (C=O) groups is 1. The third kappa shape index (κ3) is 3.77.